The molecule has 1 aliphatic rings. The Balaban J connectivity index is 1.60. The fraction of sp³-hybridized carbons (Fsp3) is 0.273. The summed E-state index contributed by atoms with van der Waals surface area (Å²) < 4.78 is 20.2. The van der Waals surface area contributed by atoms with Gasteiger partial charge in [-0.05, 0) is 37.4 Å². The van der Waals surface area contributed by atoms with Crippen LogP contribution in [0.4, 0.5) is 16.2 Å². The molecule has 2 N–H and O–H groups in total. The minimum atomic E-state index is -0.444. The van der Waals surface area contributed by atoms with Crippen molar-refractivity contribution in [1.82, 2.24) is 19.9 Å². The number of rotatable bonds is 7. The normalized spacial score (nSPS) is 14.4. The number of pyridine rings is 1. The Morgan fingerprint density at radius 3 is 2.69 bits per heavy atom. The number of hydrogen-bond acceptors (Lipinski definition) is 9. The van der Waals surface area contributed by atoms with Crippen LogP contribution in [0.15, 0.2) is 52.5 Å². The zero-order valence-corrected chi connectivity index (χ0v) is 18.4. The summed E-state index contributed by atoms with van der Waals surface area (Å²) in [6.45, 7) is 3.37. The van der Waals surface area contributed by atoms with E-state index < -0.39 is 5.82 Å². The molecule has 3 aromatic rings. The zero-order valence-electron chi connectivity index (χ0n) is 17.6. The van der Waals surface area contributed by atoms with Crippen LogP contribution < -0.4 is 15.4 Å². The van der Waals surface area contributed by atoms with E-state index in [4.69, 9.17) is 10.5 Å². The van der Waals surface area contributed by atoms with Crippen molar-refractivity contribution in [2.75, 3.05) is 43.9 Å². The second kappa shape index (κ2) is 9.92. The Morgan fingerprint density at radius 2 is 1.97 bits per heavy atom. The molecule has 8 nitrogen and oxygen atoms in total. The van der Waals surface area contributed by atoms with Crippen LogP contribution in [-0.4, -0.2) is 59.4 Å². The Labute approximate surface area is 189 Å². The zero-order chi connectivity index (χ0) is 22.5. The molecule has 0 bridgehead atoms. The van der Waals surface area contributed by atoms with Gasteiger partial charge in [-0.25, -0.2) is 14.4 Å². The molecule has 1 aromatic carbocycles. The number of carbonyl (C=O) groups is 1. The molecule has 0 radical (unpaired) electrons. The molecule has 0 amide bonds. The van der Waals surface area contributed by atoms with Crippen molar-refractivity contribution < 1.29 is 13.9 Å². The topological polar surface area (TPSA) is 97.5 Å². The summed E-state index contributed by atoms with van der Waals surface area (Å²) in [5, 5.41) is 0. The summed E-state index contributed by atoms with van der Waals surface area (Å²) >= 11 is 1.38. The Morgan fingerprint density at radius 1 is 1.16 bits per heavy atom. The average Bonchev–Trinajstić information content (AvgIpc) is 2.81. The molecule has 1 fully saturated rings. The first-order chi connectivity index (χ1) is 15.5. The molecule has 3 heterocycles. The number of anilines is 2. The van der Waals surface area contributed by atoms with Crippen molar-refractivity contribution in [1.29, 1.82) is 0 Å². The molecular formula is C22H23FN6O2S. The first kappa shape index (κ1) is 22.0. The van der Waals surface area contributed by atoms with E-state index in [1.807, 2.05) is 6.07 Å². The number of aromatic nitrogens is 3. The van der Waals surface area contributed by atoms with Crippen LogP contribution in [0.3, 0.4) is 0 Å². The van der Waals surface area contributed by atoms with Crippen LogP contribution in [0, 0.1) is 5.82 Å². The third-order valence-corrected chi connectivity index (χ3v) is 6.03. The summed E-state index contributed by atoms with van der Waals surface area (Å²) in [6, 6.07) is 7.72. The van der Waals surface area contributed by atoms with Gasteiger partial charge in [0.2, 0.25) is 11.8 Å². The molecule has 0 atom stereocenters. The Hall–Kier alpha value is -3.24. The number of likely N-dealkylation sites (N-methyl/N-ethyl adjacent to an activating group) is 1. The van der Waals surface area contributed by atoms with Gasteiger partial charge < -0.3 is 20.3 Å². The Kier molecular flexibility index (Phi) is 6.81. The van der Waals surface area contributed by atoms with Crippen molar-refractivity contribution in [2.24, 2.45) is 0 Å². The lowest BCUT2D eigenvalue weighted by Crippen LogP contribution is -2.45. The number of ether oxygens (including phenoxy) is 1. The predicted molar refractivity (Wildman–Crippen MR) is 121 cm³/mol. The first-order valence-corrected chi connectivity index (χ1v) is 10.9. The van der Waals surface area contributed by atoms with Gasteiger partial charge in [-0.1, -0.05) is 11.8 Å². The van der Waals surface area contributed by atoms with Gasteiger partial charge in [0.15, 0.2) is 0 Å². The van der Waals surface area contributed by atoms with Crippen molar-refractivity contribution in [3.63, 3.8) is 0 Å². The molecular weight excluding hydrogens is 431 g/mol. The largest absolute Gasteiger partial charge is 0.472 e. The quantitative estimate of drug-likeness (QED) is 0.540. The molecule has 166 valence electrons. The SMILES string of the molecule is CN1CCN(c2ncc(Sc3ccc(N)nc3)c(OCc3cc(C=O)ccc3F)n2)CC1. The highest BCUT2D eigenvalue weighted by atomic mass is 32.2. The van der Waals surface area contributed by atoms with Crippen molar-refractivity contribution in [2.45, 2.75) is 16.4 Å². The monoisotopic (exact) mass is 454 g/mol. The van der Waals surface area contributed by atoms with Crippen LogP contribution in [0.2, 0.25) is 0 Å². The van der Waals surface area contributed by atoms with Crippen LogP contribution in [0.25, 0.3) is 0 Å². The van der Waals surface area contributed by atoms with Crippen LogP contribution >= 0.6 is 11.8 Å². The van der Waals surface area contributed by atoms with Gasteiger partial charge in [-0.2, -0.15) is 4.98 Å². The molecule has 0 unspecified atom stereocenters. The minimum absolute atomic E-state index is 0.0692. The molecule has 1 aliphatic heterocycles. The first-order valence-electron chi connectivity index (χ1n) is 10.1. The van der Waals surface area contributed by atoms with E-state index in [1.54, 1.807) is 18.5 Å². The lowest BCUT2D eigenvalue weighted by Gasteiger charge is -2.32. The number of nitrogen functional groups attached to an aromatic ring is 1. The van der Waals surface area contributed by atoms with E-state index in [-0.39, 0.29) is 12.2 Å². The minimum Gasteiger partial charge on any atom is -0.472 e. The van der Waals surface area contributed by atoms with Gasteiger partial charge in [0.25, 0.3) is 0 Å². The van der Waals surface area contributed by atoms with E-state index in [9.17, 15) is 9.18 Å². The Bertz CT molecular complexity index is 1090. The van der Waals surface area contributed by atoms with Gasteiger partial charge in [0.1, 0.15) is 24.5 Å². The molecule has 10 heteroatoms. The number of hydrogen-bond donors (Lipinski definition) is 1. The highest BCUT2D eigenvalue weighted by Gasteiger charge is 2.19. The number of nitrogens with two attached hydrogens (primary N) is 1. The number of benzene rings is 1. The summed E-state index contributed by atoms with van der Waals surface area (Å²) in [5.74, 6) is 0.889. The second-order valence-corrected chi connectivity index (χ2v) is 8.52. The molecule has 0 spiro atoms. The fourth-order valence-electron chi connectivity index (χ4n) is 3.18. The standard InChI is InChI=1S/C22H23FN6O2S/c1-28-6-8-29(9-7-28)22-26-12-19(32-17-3-5-20(24)25-11-17)21(27-22)31-14-16-10-15(13-30)2-4-18(16)23/h2-5,10-13H,6-9,14H2,1H3,(H2,24,25). The predicted octanol–water partition coefficient (Wildman–Crippen LogP) is 2.89. The van der Waals surface area contributed by atoms with Gasteiger partial charge in [0.05, 0.1) is 11.1 Å². The molecule has 1 saturated heterocycles. The smallest absolute Gasteiger partial charge is 0.232 e. The third-order valence-electron chi connectivity index (χ3n) is 5.05. The van der Waals surface area contributed by atoms with E-state index >= 15 is 0 Å². The summed E-state index contributed by atoms with van der Waals surface area (Å²) in [7, 11) is 2.08. The summed E-state index contributed by atoms with van der Waals surface area (Å²) in [4.78, 5) is 30.2. The van der Waals surface area contributed by atoms with Crippen LogP contribution in [-0.2, 0) is 6.61 Å². The van der Waals surface area contributed by atoms with Crippen molar-refractivity contribution >= 4 is 29.8 Å². The number of piperazine rings is 1. The van der Waals surface area contributed by atoms with Crippen molar-refractivity contribution in [3.05, 3.63) is 59.7 Å². The van der Waals surface area contributed by atoms with Crippen molar-refractivity contribution in [3.8, 4) is 5.88 Å². The fourth-order valence-corrected chi connectivity index (χ4v) is 3.98. The van der Waals surface area contributed by atoms with Gasteiger partial charge >= 0.3 is 0 Å². The lowest BCUT2D eigenvalue weighted by atomic mass is 10.1. The number of nitrogens with zero attached hydrogens (tertiary/aromatic N) is 5. The second-order valence-electron chi connectivity index (χ2n) is 7.41. The van der Waals surface area contributed by atoms with E-state index in [1.165, 1.54) is 30.0 Å². The number of halogens is 1. The van der Waals surface area contributed by atoms with Gasteiger partial charge in [-0.15, -0.1) is 0 Å². The maximum atomic E-state index is 14.2. The molecule has 2 aromatic heterocycles. The summed E-state index contributed by atoms with van der Waals surface area (Å²) in [6.07, 6.45) is 4.04. The van der Waals surface area contributed by atoms with E-state index in [2.05, 4.69) is 31.8 Å². The summed E-state index contributed by atoms with van der Waals surface area (Å²) in [5.41, 5.74) is 6.33. The average molecular weight is 455 g/mol. The molecule has 32 heavy (non-hydrogen) atoms. The lowest BCUT2D eigenvalue weighted by molar-refractivity contribution is 0.112. The number of aldehydes is 1. The maximum absolute atomic E-state index is 14.2. The molecule has 4 rings (SSSR count). The molecule has 0 aliphatic carbocycles. The van der Waals surface area contributed by atoms with Crippen LogP contribution in [0.1, 0.15) is 15.9 Å². The highest BCUT2D eigenvalue weighted by Crippen LogP contribution is 2.34. The van der Waals surface area contributed by atoms with Crippen LogP contribution in [0.5, 0.6) is 5.88 Å². The maximum Gasteiger partial charge on any atom is 0.232 e. The third kappa shape index (κ3) is 5.32. The molecule has 0 saturated carbocycles. The van der Waals surface area contributed by atoms with Gasteiger partial charge in [0, 0.05) is 48.4 Å². The van der Waals surface area contributed by atoms with E-state index in [0.29, 0.717) is 34.4 Å². The highest BCUT2D eigenvalue weighted by molar-refractivity contribution is 7.99. The van der Waals surface area contributed by atoms with Gasteiger partial charge in [-0.3, -0.25) is 4.79 Å². The number of carbonyl (C=O) groups excluding carboxylic acids is 1. The van der Waals surface area contributed by atoms with E-state index in [0.717, 1.165) is 31.1 Å².